The van der Waals surface area contributed by atoms with Gasteiger partial charge < -0.3 is 14.8 Å². The molecule has 1 aliphatic rings. The van der Waals surface area contributed by atoms with Gasteiger partial charge in [-0.15, -0.1) is 0 Å². The van der Waals surface area contributed by atoms with Gasteiger partial charge in [0, 0.05) is 6.54 Å². The van der Waals surface area contributed by atoms with E-state index in [1.807, 2.05) is 4.90 Å². The van der Waals surface area contributed by atoms with Crippen molar-refractivity contribution >= 4 is 11.9 Å². The number of likely N-dealkylation sites (tertiary alicyclic amines) is 1. The maximum atomic E-state index is 12.2. The molecule has 0 bridgehead atoms. The summed E-state index contributed by atoms with van der Waals surface area (Å²) in [6.45, 7) is 0.311. The summed E-state index contributed by atoms with van der Waals surface area (Å²) in [5.41, 5.74) is 0.646. The Morgan fingerprint density at radius 2 is 1.96 bits per heavy atom. The number of carbonyl (C=O) groups is 2. The van der Waals surface area contributed by atoms with Crippen molar-refractivity contribution in [1.29, 1.82) is 0 Å². The van der Waals surface area contributed by atoms with Gasteiger partial charge in [-0.1, -0.05) is 12.1 Å². The normalized spacial score (nSPS) is 16.0. The van der Waals surface area contributed by atoms with Crippen molar-refractivity contribution in [2.24, 2.45) is 5.92 Å². The van der Waals surface area contributed by atoms with Crippen molar-refractivity contribution in [1.82, 2.24) is 10.2 Å². The summed E-state index contributed by atoms with van der Waals surface area (Å²) in [6.07, 6.45) is -3.09. The van der Waals surface area contributed by atoms with Crippen LogP contribution in [0.25, 0.3) is 0 Å². The molecular formula is C18H23F3N2O4. The lowest BCUT2D eigenvalue weighted by Gasteiger charge is -2.29. The third-order valence-electron chi connectivity index (χ3n) is 4.28. The van der Waals surface area contributed by atoms with Crippen molar-refractivity contribution in [2.75, 3.05) is 33.4 Å². The fourth-order valence-corrected chi connectivity index (χ4v) is 2.86. The third-order valence-corrected chi connectivity index (χ3v) is 4.28. The topological polar surface area (TPSA) is 67.9 Å². The number of nitrogens with one attached hydrogen (secondary N) is 1. The van der Waals surface area contributed by atoms with Crippen molar-refractivity contribution in [3.8, 4) is 5.75 Å². The van der Waals surface area contributed by atoms with Crippen molar-refractivity contribution in [3.05, 3.63) is 29.8 Å². The second-order valence-electron chi connectivity index (χ2n) is 6.40. The molecule has 0 spiro atoms. The van der Waals surface area contributed by atoms with Crippen molar-refractivity contribution in [3.63, 3.8) is 0 Å². The predicted octanol–water partition coefficient (Wildman–Crippen LogP) is 2.13. The highest BCUT2D eigenvalue weighted by molar-refractivity contribution is 5.78. The minimum atomic E-state index is -4.40. The number of alkyl halides is 3. The molecule has 6 nitrogen and oxygen atoms in total. The number of rotatable bonds is 7. The molecule has 0 atom stereocenters. The summed E-state index contributed by atoms with van der Waals surface area (Å²) in [4.78, 5) is 25.5. The summed E-state index contributed by atoms with van der Waals surface area (Å²) < 4.78 is 46.0. The van der Waals surface area contributed by atoms with Crippen LogP contribution in [-0.4, -0.2) is 56.3 Å². The lowest BCUT2D eigenvalue weighted by atomic mass is 9.97. The molecule has 1 heterocycles. The minimum absolute atomic E-state index is 0.101. The standard InChI is InChI=1S/C18H23F3N2O4/c1-26-17(25)14-5-7-23(8-6-14)11-16(24)22-10-13-3-2-4-15(9-13)27-12-18(19,20)21/h2-4,9,14H,5-8,10-12H2,1H3,(H,22,24). The Morgan fingerprint density at radius 1 is 1.26 bits per heavy atom. The number of nitrogens with zero attached hydrogens (tertiary/aromatic N) is 1. The smallest absolute Gasteiger partial charge is 0.422 e. The largest absolute Gasteiger partial charge is 0.484 e. The van der Waals surface area contributed by atoms with Gasteiger partial charge in [0.25, 0.3) is 0 Å². The molecule has 1 N–H and O–H groups in total. The average Bonchev–Trinajstić information content (AvgIpc) is 2.64. The predicted molar refractivity (Wildman–Crippen MR) is 91.0 cm³/mol. The molecule has 1 amide bonds. The highest BCUT2D eigenvalue weighted by Crippen LogP contribution is 2.20. The Balaban J connectivity index is 1.73. The van der Waals surface area contributed by atoms with E-state index in [9.17, 15) is 22.8 Å². The summed E-state index contributed by atoms with van der Waals surface area (Å²) in [6, 6.07) is 6.17. The highest BCUT2D eigenvalue weighted by Gasteiger charge is 2.28. The van der Waals surface area contributed by atoms with Gasteiger partial charge in [0.15, 0.2) is 6.61 Å². The summed E-state index contributed by atoms with van der Waals surface area (Å²) >= 11 is 0. The van der Waals surface area contributed by atoms with Gasteiger partial charge >= 0.3 is 12.1 Å². The molecular weight excluding hydrogens is 365 g/mol. The number of piperidine rings is 1. The second kappa shape index (κ2) is 9.59. The number of hydrogen-bond donors (Lipinski definition) is 1. The highest BCUT2D eigenvalue weighted by atomic mass is 19.4. The number of esters is 1. The van der Waals surface area contributed by atoms with E-state index in [-0.39, 0.29) is 36.6 Å². The Hall–Kier alpha value is -2.29. The lowest BCUT2D eigenvalue weighted by molar-refractivity contribution is -0.153. The number of benzene rings is 1. The van der Waals surface area contributed by atoms with Crippen LogP contribution in [0.2, 0.25) is 0 Å². The third kappa shape index (κ3) is 7.46. The van der Waals surface area contributed by atoms with E-state index < -0.39 is 12.8 Å². The van der Waals surface area contributed by atoms with Crippen LogP contribution in [-0.2, 0) is 20.9 Å². The first-order valence-electron chi connectivity index (χ1n) is 8.62. The molecule has 9 heteroatoms. The van der Waals surface area contributed by atoms with Crippen LogP contribution in [0.3, 0.4) is 0 Å². The maximum absolute atomic E-state index is 12.2. The van der Waals surface area contributed by atoms with Gasteiger partial charge in [-0.3, -0.25) is 14.5 Å². The monoisotopic (exact) mass is 388 g/mol. The first-order chi connectivity index (χ1) is 12.8. The number of halogens is 3. The van der Waals surface area contributed by atoms with Gasteiger partial charge in [0.1, 0.15) is 5.75 Å². The van der Waals surface area contributed by atoms with Gasteiger partial charge in [-0.25, -0.2) is 0 Å². The fourth-order valence-electron chi connectivity index (χ4n) is 2.86. The van der Waals surface area contributed by atoms with Crippen LogP contribution in [0.5, 0.6) is 5.75 Å². The Kier molecular flexibility index (Phi) is 7.46. The van der Waals surface area contributed by atoms with Crippen molar-refractivity contribution < 1.29 is 32.2 Å². The van der Waals surface area contributed by atoms with E-state index in [0.29, 0.717) is 31.5 Å². The van der Waals surface area contributed by atoms with E-state index in [4.69, 9.17) is 9.47 Å². The number of amides is 1. The first kappa shape index (κ1) is 21.0. The molecule has 27 heavy (non-hydrogen) atoms. The molecule has 1 aromatic rings. The quantitative estimate of drug-likeness (QED) is 0.725. The molecule has 1 fully saturated rings. The first-order valence-corrected chi connectivity index (χ1v) is 8.62. The van der Waals surface area contributed by atoms with Crippen LogP contribution in [0.1, 0.15) is 18.4 Å². The van der Waals surface area contributed by atoms with E-state index in [1.165, 1.54) is 19.2 Å². The molecule has 0 aromatic heterocycles. The van der Waals surface area contributed by atoms with Gasteiger partial charge in [-0.05, 0) is 43.6 Å². The number of hydrogen-bond acceptors (Lipinski definition) is 5. The number of carbonyl (C=O) groups excluding carboxylic acids is 2. The Labute approximate surface area is 155 Å². The van der Waals surface area contributed by atoms with E-state index in [2.05, 4.69) is 5.32 Å². The number of methoxy groups -OCH3 is 1. The lowest BCUT2D eigenvalue weighted by Crippen LogP contribution is -2.42. The van der Waals surface area contributed by atoms with E-state index in [0.717, 1.165) is 0 Å². The maximum Gasteiger partial charge on any atom is 0.422 e. The zero-order chi connectivity index (χ0) is 19.9. The van der Waals surface area contributed by atoms with Gasteiger partial charge in [0.05, 0.1) is 19.6 Å². The Bertz CT molecular complexity index is 644. The number of ether oxygens (including phenoxy) is 2. The average molecular weight is 388 g/mol. The molecule has 0 radical (unpaired) electrons. The van der Waals surface area contributed by atoms with E-state index >= 15 is 0 Å². The molecule has 0 unspecified atom stereocenters. The molecule has 1 aliphatic heterocycles. The molecule has 0 saturated carbocycles. The van der Waals surface area contributed by atoms with Crippen LogP contribution in [0, 0.1) is 5.92 Å². The Morgan fingerprint density at radius 3 is 2.59 bits per heavy atom. The summed E-state index contributed by atoms with van der Waals surface area (Å²) in [7, 11) is 1.37. The van der Waals surface area contributed by atoms with Gasteiger partial charge in [0.2, 0.25) is 5.91 Å². The second-order valence-corrected chi connectivity index (χ2v) is 6.40. The van der Waals surface area contributed by atoms with Gasteiger partial charge in [-0.2, -0.15) is 13.2 Å². The SMILES string of the molecule is COC(=O)C1CCN(CC(=O)NCc2cccc(OCC(F)(F)F)c2)CC1. The van der Waals surface area contributed by atoms with Crippen LogP contribution < -0.4 is 10.1 Å². The van der Waals surface area contributed by atoms with E-state index in [1.54, 1.807) is 12.1 Å². The zero-order valence-electron chi connectivity index (χ0n) is 15.1. The minimum Gasteiger partial charge on any atom is -0.484 e. The molecule has 1 saturated heterocycles. The molecule has 150 valence electrons. The summed E-state index contributed by atoms with van der Waals surface area (Å²) in [5.74, 6) is -0.419. The zero-order valence-corrected chi connectivity index (χ0v) is 15.1. The molecule has 1 aromatic carbocycles. The molecule has 2 rings (SSSR count). The van der Waals surface area contributed by atoms with Crippen molar-refractivity contribution in [2.45, 2.75) is 25.6 Å². The van der Waals surface area contributed by atoms with Crippen LogP contribution in [0.4, 0.5) is 13.2 Å². The van der Waals surface area contributed by atoms with Crippen LogP contribution >= 0.6 is 0 Å². The molecule has 0 aliphatic carbocycles. The fraction of sp³-hybridized carbons (Fsp3) is 0.556. The van der Waals surface area contributed by atoms with Crippen LogP contribution in [0.15, 0.2) is 24.3 Å². The summed E-state index contributed by atoms with van der Waals surface area (Å²) in [5, 5.41) is 2.74.